The van der Waals surface area contributed by atoms with Crippen LogP contribution in [-0.2, 0) is 9.09 Å². The van der Waals surface area contributed by atoms with Crippen LogP contribution in [0.4, 0.5) is 10.2 Å². The van der Waals surface area contributed by atoms with E-state index in [1.54, 1.807) is 12.3 Å². The van der Waals surface area contributed by atoms with Gasteiger partial charge in [0.25, 0.3) is 0 Å². The highest BCUT2D eigenvalue weighted by atomic mass is 35.5. The molecule has 0 bridgehead atoms. The van der Waals surface area contributed by atoms with Gasteiger partial charge in [-0.05, 0) is 18.9 Å². The monoisotopic (exact) mass is 441 g/mol. The Labute approximate surface area is 170 Å². The van der Waals surface area contributed by atoms with Gasteiger partial charge in [-0.2, -0.15) is 0 Å². The van der Waals surface area contributed by atoms with Crippen LogP contribution in [-0.4, -0.2) is 41.8 Å². The number of aliphatic hydroxyl groups is 1. The molecule has 1 saturated carbocycles. The Morgan fingerprint density at radius 2 is 2.24 bits per heavy atom. The second-order valence-corrected chi connectivity index (χ2v) is 8.07. The molecule has 9 nitrogen and oxygen atoms in total. The molecule has 12 heteroatoms. The second-order valence-electron chi connectivity index (χ2n) is 6.89. The number of nitrogens with one attached hydrogen (secondary N) is 2. The number of fused-ring (bicyclic) bond motifs is 1. The zero-order valence-electron chi connectivity index (χ0n) is 15.0. The molecular weight excluding hydrogens is 424 g/mol. The summed E-state index contributed by atoms with van der Waals surface area (Å²) in [6, 6.07) is 1.32. The third-order valence-electron chi connectivity index (χ3n) is 4.79. The van der Waals surface area contributed by atoms with Crippen molar-refractivity contribution >= 4 is 36.7 Å². The number of hydrogen-bond donors (Lipinski definition) is 4. The Kier molecular flexibility index (Phi) is 5.54. The van der Waals surface area contributed by atoms with Crippen LogP contribution in [0.25, 0.3) is 22.4 Å². The molecule has 0 saturated heterocycles. The largest absolute Gasteiger partial charge is 0.365 e. The molecule has 1 fully saturated rings. The minimum Gasteiger partial charge on any atom is -0.365 e. The normalized spacial score (nSPS) is 23.2. The predicted octanol–water partition coefficient (Wildman–Crippen LogP) is 3.25. The molecule has 3 aromatic rings. The Morgan fingerprint density at radius 3 is 3.03 bits per heavy atom. The average molecular weight is 442 g/mol. The molecule has 3 heterocycles. The standard InChI is InChI=1S/C17H18ClFN5O4P/c18-9-4-11-12(7-21-14(11)20-6-9)15-22-8-13(19)16(24-15)23-10-2-1-3-17(25,5-10)28-29(26)27/h4,6-8,10,25,29H,1-3,5H2,(H,20,21)(H,26,27)(H,22,23,24)/t10-,17+/m0/s1. The Morgan fingerprint density at radius 1 is 1.41 bits per heavy atom. The fourth-order valence-corrected chi connectivity index (χ4v) is 4.21. The Hall–Kier alpha value is -2.10. The molecule has 0 aliphatic heterocycles. The summed E-state index contributed by atoms with van der Waals surface area (Å²) in [7, 11) is -3.30. The minimum atomic E-state index is -3.30. The van der Waals surface area contributed by atoms with Gasteiger partial charge in [-0.15, -0.1) is 0 Å². The maximum Gasteiger partial charge on any atom is 0.319 e. The van der Waals surface area contributed by atoms with Crippen LogP contribution in [0.5, 0.6) is 0 Å². The molecule has 1 aliphatic carbocycles. The average Bonchev–Trinajstić information content (AvgIpc) is 3.05. The summed E-state index contributed by atoms with van der Waals surface area (Å²) in [5.74, 6) is -2.15. The van der Waals surface area contributed by atoms with Gasteiger partial charge in [-0.25, -0.2) is 19.3 Å². The first-order valence-corrected chi connectivity index (χ1v) is 10.5. The highest BCUT2D eigenvalue weighted by molar-refractivity contribution is 7.32. The van der Waals surface area contributed by atoms with Crippen molar-refractivity contribution in [2.24, 2.45) is 0 Å². The molecule has 1 aliphatic rings. The summed E-state index contributed by atoms with van der Waals surface area (Å²) in [5, 5.41) is 14.5. The van der Waals surface area contributed by atoms with Gasteiger partial charge in [0, 0.05) is 42.2 Å². The summed E-state index contributed by atoms with van der Waals surface area (Å²) in [6.45, 7) is 0. The van der Waals surface area contributed by atoms with Crippen LogP contribution in [0.2, 0.25) is 5.02 Å². The van der Waals surface area contributed by atoms with Crippen molar-refractivity contribution in [3.05, 3.63) is 35.5 Å². The number of rotatable bonds is 5. The van der Waals surface area contributed by atoms with E-state index in [9.17, 15) is 14.1 Å². The molecule has 0 amide bonds. The zero-order valence-corrected chi connectivity index (χ0v) is 16.8. The molecule has 0 spiro atoms. The van der Waals surface area contributed by atoms with E-state index < -0.39 is 25.9 Å². The van der Waals surface area contributed by atoms with Crippen molar-refractivity contribution in [3.63, 3.8) is 0 Å². The fourth-order valence-electron chi connectivity index (χ4n) is 3.55. The number of halogens is 2. The highest BCUT2D eigenvalue weighted by Crippen LogP contribution is 2.37. The summed E-state index contributed by atoms with van der Waals surface area (Å²) in [4.78, 5) is 24.5. The number of hydrogen-bond acceptors (Lipinski definition) is 7. The van der Waals surface area contributed by atoms with Crippen molar-refractivity contribution in [2.75, 3.05) is 5.32 Å². The third-order valence-corrected chi connectivity index (χ3v) is 5.55. The summed E-state index contributed by atoms with van der Waals surface area (Å²) < 4.78 is 30.1. The quantitative estimate of drug-likeness (QED) is 0.350. The summed E-state index contributed by atoms with van der Waals surface area (Å²) >= 11 is 6.02. The number of nitrogens with zero attached hydrogens (tertiary/aromatic N) is 3. The first kappa shape index (κ1) is 20.2. The fraction of sp³-hybridized carbons (Fsp3) is 0.353. The lowest BCUT2D eigenvalue weighted by Crippen LogP contribution is -2.41. The Bertz CT molecular complexity index is 1080. The number of anilines is 1. The topological polar surface area (TPSA) is 133 Å². The molecule has 29 heavy (non-hydrogen) atoms. The van der Waals surface area contributed by atoms with Gasteiger partial charge in [-0.3, -0.25) is 9.09 Å². The van der Waals surface area contributed by atoms with Gasteiger partial charge in [-0.1, -0.05) is 11.6 Å². The van der Waals surface area contributed by atoms with Crippen molar-refractivity contribution in [1.29, 1.82) is 0 Å². The molecule has 4 rings (SSSR count). The lowest BCUT2D eigenvalue weighted by atomic mass is 9.90. The van der Waals surface area contributed by atoms with Gasteiger partial charge in [0.1, 0.15) is 5.65 Å². The zero-order chi connectivity index (χ0) is 20.6. The van der Waals surface area contributed by atoms with E-state index in [0.717, 1.165) is 6.20 Å². The predicted molar refractivity (Wildman–Crippen MR) is 105 cm³/mol. The van der Waals surface area contributed by atoms with E-state index in [1.807, 2.05) is 0 Å². The van der Waals surface area contributed by atoms with Crippen LogP contribution >= 0.6 is 19.9 Å². The van der Waals surface area contributed by atoms with Crippen LogP contribution in [0, 0.1) is 5.82 Å². The highest BCUT2D eigenvalue weighted by Gasteiger charge is 2.37. The molecule has 0 radical (unpaired) electrons. The maximum atomic E-state index is 14.3. The van der Waals surface area contributed by atoms with Gasteiger partial charge in [0.2, 0.25) is 0 Å². The van der Waals surface area contributed by atoms with Crippen molar-refractivity contribution in [1.82, 2.24) is 19.9 Å². The van der Waals surface area contributed by atoms with E-state index in [1.165, 1.54) is 6.20 Å². The summed E-state index contributed by atoms with van der Waals surface area (Å²) in [6.07, 6.45) is 5.63. The first-order chi connectivity index (χ1) is 13.8. The molecule has 0 aromatic carbocycles. The van der Waals surface area contributed by atoms with E-state index in [4.69, 9.17) is 21.0 Å². The van der Waals surface area contributed by atoms with E-state index in [2.05, 4.69) is 25.3 Å². The van der Waals surface area contributed by atoms with Crippen LogP contribution < -0.4 is 5.32 Å². The molecule has 3 aromatic heterocycles. The van der Waals surface area contributed by atoms with Crippen molar-refractivity contribution < 1.29 is 23.5 Å². The number of aromatic nitrogens is 4. The Balaban J connectivity index is 1.60. The first-order valence-electron chi connectivity index (χ1n) is 8.89. The van der Waals surface area contributed by atoms with E-state index >= 15 is 0 Å². The SMILES string of the molecule is O=[PH](O)O[C@]1(O)CCC[C@H](Nc2nc(-c3c[nH]c4ncc(Cl)cc34)ncc2F)C1. The van der Waals surface area contributed by atoms with Crippen molar-refractivity contribution in [3.8, 4) is 11.4 Å². The molecule has 1 unspecified atom stereocenters. The number of pyridine rings is 1. The van der Waals surface area contributed by atoms with Gasteiger partial charge < -0.3 is 20.3 Å². The molecular formula is C17H18ClFN5O4P. The molecule has 3 atom stereocenters. The van der Waals surface area contributed by atoms with Crippen LogP contribution in [0.15, 0.2) is 24.7 Å². The van der Waals surface area contributed by atoms with Crippen molar-refractivity contribution in [2.45, 2.75) is 37.5 Å². The van der Waals surface area contributed by atoms with Crippen LogP contribution in [0.1, 0.15) is 25.7 Å². The summed E-state index contributed by atoms with van der Waals surface area (Å²) in [5.41, 5.74) is 1.21. The van der Waals surface area contributed by atoms with Gasteiger partial charge in [0.05, 0.1) is 11.2 Å². The minimum absolute atomic E-state index is 0.0232. The van der Waals surface area contributed by atoms with E-state index in [0.29, 0.717) is 34.5 Å². The lowest BCUT2D eigenvalue weighted by Gasteiger charge is -2.35. The number of aromatic amines is 1. The third kappa shape index (κ3) is 4.41. The second kappa shape index (κ2) is 7.97. The molecule has 4 N–H and O–H groups in total. The van der Waals surface area contributed by atoms with Gasteiger partial charge >= 0.3 is 8.25 Å². The van der Waals surface area contributed by atoms with E-state index in [-0.39, 0.29) is 24.5 Å². The molecule has 154 valence electrons. The number of H-pyrrole nitrogens is 1. The van der Waals surface area contributed by atoms with Gasteiger partial charge in [0.15, 0.2) is 23.2 Å². The maximum absolute atomic E-state index is 14.3. The smallest absolute Gasteiger partial charge is 0.319 e. The lowest BCUT2D eigenvalue weighted by molar-refractivity contribution is -0.161. The van der Waals surface area contributed by atoms with Crippen LogP contribution in [0.3, 0.4) is 0 Å².